The number of sulfonamides is 1. The molecule has 1 saturated heterocycles. The van der Waals surface area contributed by atoms with Crippen LogP contribution in [0.2, 0.25) is 0 Å². The maximum atomic E-state index is 13.7. The Kier molecular flexibility index (Phi) is 6.90. The van der Waals surface area contributed by atoms with Crippen molar-refractivity contribution < 1.29 is 22.7 Å². The SMILES string of the molecule is COc1ccccc1S(=O)(=O)N1C(=O)N(CCCCCN)C(=O)C1Cc1c[nH]c2ccccc12. The number of aromatic amines is 1. The molecule has 9 nitrogen and oxygen atoms in total. The summed E-state index contributed by atoms with van der Waals surface area (Å²) in [6.45, 7) is 0.652. The summed E-state index contributed by atoms with van der Waals surface area (Å²) in [6, 6.07) is 11.6. The van der Waals surface area contributed by atoms with E-state index in [9.17, 15) is 18.0 Å². The van der Waals surface area contributed by atoms with Crippen molar-refractivity contribution in [3.05, 3.63) is 60.3 Å². The molecule has 1 aliphatic rings. The fraction of sp³-hybridized carbons (Fsp3) is 0.333. The molecule has 1 atom stereocenters. The zero-order valence-corrected chi connectivity index (χ0v) is 19.8. The summed E-state index contributed by atoms with van der Waals surface area (Å²) >= 11 is 0. The fourth-order valence-corrected chi connectivity index (χ4v) is 5.98. The zero-order valence-electron chi connectivity index (χ0n) is 18.9. The molecule has 1 unspecified atom stereocenters. The summed E-state index contributed by atoms with van der Waals surface area (Å²) in [5, 5.41) is 0.874. The van der Waals surface area contributed by atoms with E-state index >= 15 is 0 Å². The monoisotopic (exact) mass is 484 g/mol. The molecule has 2 heterocycles. The second-order valence-corrected chi connectivity index (χ2v) is 9.94. The van der Waals surface area contributed by atoms with Crippen molar-refractivity contribution in [1.82, 2.24) is 14.2 Å². The molecule has 1 aromatic heterocycles. The van der Waals surface area contributed by atoms with Gasteiger partial charge in [0.1, 0.15) is 16.7 Å². The van der Waals surface area contributed by atoms with Gasteiger partial charge in [0.05, 0.1) is 7.11 Å². The molecule has 10 heteroatoms. The molecule has 1 aliphatic heterocycles. The summed E-state index contributed by atoms with van der Waals surface area (Å²) in [7, 11) is -3.01. The first-order chi connectivity index (χ1) is 16.4. The third-order valence-electron chi connectivity index (χ3n) is 6.03. The van der Waals surface area contributed by atoms with Crippen LogP contribution in [-0.4, -0.2) is 60.8 Å². The number of nitrogens with zero attached hydrogens (tertiary/aromatic N) is 2. The minimum Gasteiger partial charge on any atom is -0.495 e. The van der Waals surface area contributed by atoms with E-state index in [0.29, 0.717) is 13.0 Å². The lowest BCUT2D eigenvalue weighted by Gasteiger charge is -2.22. The number of fused-ring (bicyclic) bond motifs is 1. The lowest BCUT2D eigenvalue weighted by atomic mass is 10.0. The van der Waals surface area contributed by atoms with E-state index in [2.05, 4.69) is 4.98 Å². The molecule has 1 fully saturated rings. The van der Waals surface area contributed by atoms with Crippen molar-refractivity contribution in [2.45, 2.75) is 36.6 Å². The van der Waals surface area contributed by atoms with Crippen LogP contribution >= 0.6 is 0 Å². The van der Waals surface area contributed by atoms with Crippen LogP contribution in [0, 0.1) is 0 Å². The Hall–Kier alpha value is -3.37. The molecule has 4 rings (SSSR count). The van der Waals surface area contributed by atoms with E-state index in [4.69, 9.17) is 10.5 Å². The van der Waals surface area contributed by atoms with Gasteiger partial charge in [-0.15, -0.1) is 0 Å². The van der Waals surface area contributed by atoms with Gasteiger partial charge < -0.3 is 15.5 Å². The standard InChI is InChI=1S/C24H28N4O5S/c1-33-21-11-5-6-12-22(21)34(31,32)28-20(15-17-16-26-19-10-4-3-9-18(17)19)23(29)27(24(28)30)14-8-2-7-13-25/h3-6,9-12,16,20,26H,2,7-8,13-15,25H2,1H3. The molecule has 3 N–H and O–H groups in total. The van der Waals surface area contributed by atoms with Crippen LogP contribution in [-0.2, 0) is 21.2 Å². The molecular weight excluding hydrogens is 456 g/mol. The predicted molar refractivity (Wildman–Crippen MR) is 128 cm³/mol. The number of unbranched alkanes of at least 4 members (excludes halogenated alkanes) is 2. The third kappa shape index (κ3) is 4.26. The van der Waals surface area contributed by atoms with Gasteiger partial charge in [0.2, 0.25) is 0 Å². The quantitative estimate of drug-likeness (QED) is 0.337. The number of H-pyrrole nitrogens is 1. The number of hydrogen-bond donors (Lipinski definition) is 2. The maximum Gasteiger partial charge on any atom is 0.341 e. The van der Waals surface area contributed by atoms with Crippen molar-refractivity contribution in [3.63, 3.8) is 0 Å². The zero-order chi connectivity index (χ0) is 24.3. The molecule has 2 aromatic carbocycles. The smallest absolute Gasteiger partial charge is 0.341 e. The van der Waals surface area contributed by atoms with Crippen LogP contribution in [0.5, 0.6) is 5.75 Å². The number of aromatic nitrogens is 1. The van der Waals surface area contributed by atoms with Gasteiger partial charge in [-0.25, -0.2) is 17.5 Å². The number of carbonyl (C=O) groups is 2. The highest BCUT2D eigenvalue weighted by molar-refractivity contribution is 7.89. The Labute approximate surface area is 198 Å². The van der Waals surface area contributed by atoms with E-state index in [-0.39, 0.29) is 23.6 Å². The van der Waals surface area contributed by atoms with Crippen LogP contribution in [0.15, 0.2) is 59.6 Å². The van der Waals surface area contributed by atoms with Crippen molar-refractivity contribution >= 4 is 32.9 Å². The first-order valence-electron chi connectivity index (χ1n) is 11.2. The number of methoxy groups -OCH3 is 1. The number of nitrogens with two attached hydrogens (primary N) is 1. The summed E-state index contributed by atoms with van der Waals surface area (Å²) in [4.78, 5) is 30.8. The number of hydrogen-bond acceptors (Lipinski definition) is 6. The molecule has 3 amide bonds. The number of amides is 3. The number of imide groups is 1. The van der Waals surface area contributed by atoms with Gasteiger partial charge in [-0.3, -0.25) is 9.69 Å². The van der Waals surface area contributed by atoms with Gasteiger partial charge in [0.25, 0.3) is 15.9 Å². The van der Waals surface area contributed by atoms with E-state index in [1.165, 1.54) is 19.2 Å². The Bertz CT molecular complexity index is 1300. The average Bonchev–Trinajstić information content (AvgIpc) is 3.35. The molecule has 3 aromatic rings. The van der Waals surface area contributed by atoms with Crippen LogP contribution in [0.1, 0.15) is 24.8 Å². The fourth-order valence-electron chi connectivity index (χ4n) is 4.31. The highest BCUT2D eigenvalue weighted by Crippen LogP contribution is 2.34. The van der Waals surface area contributed by atoms with Crippen LogP contribution in [0.4, 0.5) is 4.79 Å². The summed E-state index contributed by atoms with van der Waals surface area (Å²) in [5.74, 6) is -0.420. The van der Waals surface area contributed by atoms with Gasteiger partial charge in [-0.05, 0) is 43.1 Å². The molecule has 34 heavy (non-hydrogen) atoms. The first kappa shape index (κ1) is 23.8. The van der Waals surface area contributed by atoms with E-state index in [0.717, 1.165) is 38.5 Å². The number of carbonyl (C=O) groups excluding carboxylic acids is 2. The van der Waals surface area contributed by atoms with Crippen molar-refractivity contribution in [2.75, 3.05) is 20.2 Å². The Morgan fingerprint density at radius 3 is 2.53 bits per heavy atom. The van der Waals surface area contributed by atoms with Gasteiger partial charge in [0.15, 0.2) is 0 Å². The van der Waals surface area contributed by atoms with Crippen LogP contribution in [0.3, 0.4) is 0 Å². The van der Waals surface area contributed by atoms with Gasteiger partial charge in [0, 0.05) is 30.1 Å². The summed E-state index contributed by atoms with van der Waals surface area (Å²) < 4.78 is 33.4. The molecular formula is C24H28N4O5S. The van der Waals surface area contributed by atoms with Crippen LogP contribution < -0.4 is 10.5 Å². The van der Waals surface area contributed by atoms with Crippen molar-refractivity contribution in [1.29, 1.82) is 0 Å². The average molecular weight is 485 g/mol. The van der Waals surface area contributed by atoms with Crippen LogP contribution in [0.25, 0.3) is 10.9 Å². The maximum absolute atomic E-state index is 13.7. The van der Waals surface area contributed by atoms with Gasteiger partial charge in [-0.2, -0.15) is 0 Å². The largest absolute Gasteiger partial charge is 0.495 e. The lowest BCUT2D eigenvalue weighted by Crippen LogP contribution is -2.41. The normalized spacial score (nSPS) is 16.6. The highest BCUT2D eigenvalue weighted by atomic mass is 32.2. The highest BCUT2D eigenvalue weighted by Gasteiger charge is 2.51. The number of para-hydroxylation sites is 2. The van der Waals surface area contributed by atoms with Crippen molar-refractivity contribution in [3.8, 4) is 5.75 Å². The lowest BCUT2D eigenvalue weighted by molar-refractivity contribution is -0.127. The minimum atomic E-state index is -4.37. The molecule has 0 bridgehead atoms. The molecule has 180 valence electrons. The number of rotatable bonds is 10. The van der Waals surface area contributed by atoms with Gasteiger partial charge in [-0.1, -0.05) is 36.8 Å². The van der Waals surface area contributed by atoms with E-state index < -0.39 is 28.0 Å². The van der Waals surface area contributed by atoms with Crippen molar-refractivity contribution in [2.24, 2.45) is 5.73 Å². The molecule has 0 saturated carbocycles. The molecule has 0 aliphatic carbocycles. The van der Waals surface area contributed by atoms with Gasteiger partial charge >= 0.3 is 6.03 Å². The Balaban J connectivity index is 1.74. The predicted octanol–water partition coefficient (Wildman–Crippen LogP) is 2.87. The number of urea groups is 1. The second kappa shape index (κ2) is 9.86. The summed E-state index contributed by atoms with van der Waals surface area (Å²) in [6.07, 6.45) is 3.86. The molecule has 0 spiro atoms. The first-order valence-corrected chi connectivity index (χ1v) is 12.6. The second-order valence-electron chi connectivity index (χ2n) is 8.15. The number of ether oxygens (including phenoxy) is 1. The van der Waals surface area contributed by atoms with E-state index in [1.807, 2.05) is 24.3 Å². The van der Waals surface area contributed by atoms with E-state index in [1.54, 1.807) is 18.3 Å². The molecule has 0 radical (unpaired) electrons. The third-order valence-corrected chi connectivity index (χ3v) is 7.86. The topological polar surface area (TPSA) is 126 Å². The Morgan fingerprint density at radius 1 is 1.03 bits per heavy atom. The number of benzene rings is 2. The Morgan fingerprint density at radius 2 is 1.76 bits per heavy atom. The number of nitrogens with one attached hydrogen (secondary N) is 1. The summed E-state index contributed by atoms with van der Waals surface area (Å²) in [5.41, 5.74) is 7.17. The minimum absolute atomic E-state index is 0.0578.